The quantitative estimate of drug-likeness (QED) is 0.616. The molecule has 0 fully saturated rings. The van der Waals surface area contributed by atoms with Gasteiger partial charge in [0.05, 0.1) is 11.0 Å². The minimum absolute atomic E-state index is 0.0828. The van der Waals surface area contributed by atoms with Crippen LogP contribution < -0.4 is 0 Å². The highest BCUT2D eigenvalue weighted by molar-refractivity contribution is 5.72. The van der Waals surface area contributed by atoms with E-state index in [9.17, 15) is 19.3 Å². The number of carbonyl (C=O) groups is 1. The molecule has 124 valence electrons. The molecule has 0 radical (unpaired) electrons. The number of aromatic nitrogens is 1. The minimum Gasteiger partial charge on any atom is -0.444 e. The molecule has 23 heavy (non-hydrogen) atoms. The molecule has 0 saturated carbocycles. The number of nitro groups is 1. The molecule has 8 heteroatoms. The predicted octanol–water partition coefficient (Wildman–Crippen LogP) is 3.15. The summed E-state index contributed by atoms with van der Waals surface area (Å²) in [6.07, 6.45) is 2.69. The Kier molecular flexibility index (Phi) is 4.63. The van der Waals surface area contributed by atoms with Gasteiger partial charge in [-0.1, -0.05) is 6.08 Å². The molecule has 1 aromatic heterocycles. The molecule has 0 atom stereocenters. The summed E-state index contributed by atoms with van der Waals surface area (Å²) in [5.41, 5.74) is -0.262. The van der Waals surface area contributed by atoms with Gasteiger partial charge in [-0.15, -0.1) is 0 Å². The number of amides is 1. The highest BCUT2D eigenvalue weighted by Crippen LogP contribution is 2.25. The van der Waals surface area contributed by atoms with Crippen LogP contribution in [0.25, 0.3) is 5.57 Å². The number of nitrogens with zero attached hydrogens (tertiary/aromatic N) is 3. The molecular weight excluding hydrogens is 305 g/mol. The molecule has 7 nitrogen and oxygen atoms in total. The molecule has 1 aliphatic rings. The first-order valence-corrected chi connectivity index (χ1v) is 7.14. The van der Waals surface area contributed by atoms with Crippen molar-refractivity contribution in [1.82, 2.24) is 9.88 Å². The number of hydrogen-bond acceptors (Lipinski definition) is 5. The van der Waals surface area contributed by atoms with Gasteiger partial charge in [0.2, 0.25) is 0 Å². The van der Waals surface area contributed by atoms with Crippen molar-refractivity contribution in [3.05, 3.63) is 40.0 Å². The van der Waals surface area contributed by atoms with E-state index in [4.69, 9.17) is 4.74 Å². The summed E-state index contributed by atoms with van der Waals surface area (Å²) >= 11 is 0. The predicted molar refractivity (Wildman–Crippen MR) is 81.3 cm³/mol. The van der Waals surface area contributed by atoms with Gasteiger partial charge in [-0.3, -0.25) is 10.1 Å². The van der Waals surface area contributed by atoms with E-state index in [1.807, 2.05) is 0 Å². The third kappa shape index (κ3) is 4.24. The molecule has 1 amide bonds. The van der Waals surface area contributed by atoms with Crippen LogP contribution in [0.5, 0.6) is 0 Å². The molecule has 2 rings (SSSR count). The molecule has 1 aromatic rings. The first kappa shape index (κ1) is 16.9. The smallest absolute Gasteiger partial charge is 0.410 e. The monoisotopic (exact) mass is 323 g/mol. The van der Waals surface area contributed by atoms with Crippen molar-refractivity contribution >= 4 is 17.4 Å². The standard InChI is InChI=1S/C15H18FN3O4/c1-15(2,3)23-14(20)18-6-4-10(5-7-18)13-12(16)8-11(9-17-13)19(21)22/h4,8-9H,5-7H2,1-3H3. The number of pyridine rings is 1. The van der Waals surface area contributed by atoms with E-state index in [0.29, 0.717) is 18.5 Å². The van der Waals surface area contributed by atoms with Gasteiger partial charge in [-0.2, -0.15) is 0 Å². The van der Waals surface area contributed by atoms with Gasteiger partial charge in [0.1, 0.15) is 17.5 Å². The minimum atomic E-state index is -0.740. The maximum atomic E-state index is 14.0. The Bertz CT molecular complexity index is 667. The summed E-state index contributed by atoms with van der Waals surface area (Å²) in [4.78, 5) is 27.2. The van der Waals surface area contributed by atoms with Crippen LogP contribution in [0, 0.1) is 15.9 Å². The van der Waals surface area contributed by atoms with Crippen LogP contribution in [0.1, 0.15) is 32.9 Å². The van der Waals surface area contributed by atoms with E-state index in [0.717, 1.165) is 12.3 Å². The van der Waals surface area contributed by atoms with Crippen LogP contribution in [0.3, 0.4) is 0 Å². The average Bonchev–Trinajstić information content (AvgIpc) is 2.45. The summed E-state index contributed by atoms with van der Waals surface area (Å²) in [5, 5.41) is 10.6. The topological polar surface area (TPSA) is 85.6 Å². The van der Waals surface area contributed by atoms with Crippen LogP contribution in [0.4, 0.5) is 14.9 Å². The highest BCUT2D eigenvalue weighted by atomic mass is 19.1. The largest absolute Gasteiger partial charge is 0.444 e. The molecule has 0 saturated heterocycles. The molecule has 0 N–H and O–H groups in total. The summed E-state index contributed by atoms with van der Waals surface area (Å²) in [6.45, 7) is 6.01. The van der Waals surface area contributed by atoms with Crippen LogP contribution in [0.2, 0.25) is 0 Å². The van der Waals surface area contributed by atoms with E-state index in [2.05, 4.69) is 4.98 Å². The van der Waals surface area contributed by atoms with Gasteiger partial charge in [-0.05, 0) is 32.8 Å². The maximum absolute atomic E-state index is 14.0. The molecule has 0 unspecified atom stereocenters. The zero-order valence-electron chi connectivity index (χ0n) is 13.2. The molecule has 0 bridgehead atoms. The summed E-state index contributed by atoms with van der Waals surface area (Å²) in [5.74, 6) is -0.740. The molecule has 0 spiro atoms. The second-order valence-electron chi connectivity index (χ2n) is 6.19. The van der Waals surface area contributed by atoms with Gasteiger partial charge >= 0.3 is 6.09 Å². The zero-order valence-corrected chi connectivity index (χ0v) is 13.2. The summed E-state index contributed by atoms with van der Waals surface area (Å²) in [6, 6.07) is 0.851. The van der Waals surface area contributed by atoms with Crippen LogP contribution >= 0.6 is 0 Å². The summed E-state index contributed by atoms with van der Waals surface area (Å²) < 4.78 is 19.2. The van der Waals surface area contributed by atoms with Crippen molar-refractivity contribution in [2.75, 3.05) is 13.1 Å². The molecule has 0 aliphatic carbocycles. The van der Waals surface area contributed by atoms with Crippen LogP contribution in [-0.2, 0) is 4.74 Å². The Hall–Kier alpha value is -2.51. The first-order valence-electron chi connectivity index (χ1n) is 7.14. The fourth-order valence-corrected chi connectivity index (χ4v) is 2.14. The molecular formula is C15H18FN3O4. The SMILES string of the molecule is CC(C)(C)OC(=O)N1CC=C(c2ncc([N+](=O)[O-])cc2F)CC1. The van der Waals surface area contributed by atoms with Gasteiger partial charge in [0, 0.05) is 13.1 Å². The Morgan fingerprint density at radius 3 is 2.65 bits per heavy atom. The number of ether oxygens (including phenoxy) is 1. The number of carbonyl (C=O) groups excluding carboxylic acids is 1. The second-order valence-corrected chi connectivity index (χ2v) is 6.19. The van der Waals surface area contributed by atoms with Crippen molar-refractivity contribution < 1.29 is 18.8 Å². The molecule has 2 heterocycles. The van der Waals surface area contributed by atoms with E-state index in [-0.39, 0.29) is 12.2 Å². The molecule has 0 aromatic carbocycles. The normalized spacial score (nSPS) is 15.1. The number of rotatable bonds is 2. The first-order chi connectivity index (χ1) is 10.7. The van der Waals surface area contributed by atoms with Crippen LogP contribution in [0.15, 0.2) is 18.3 Å². The third-order valence-corrected chi connectivity index (χ3v) is 3.20. The van der Waals surface area contributed by atoms with Gasteiger partial charge in [0.15, 0.2) is 5.82 Å². The fraction of sp³-hybridized carbons (Fsp3) is 0.467. The van der Waals surface area contributed by atoms with Crippen molar-refractivity contribution in [2.24, 2.45) is 0 Å². The highest BCUT2D eigenvalue weighted by Gasteiger charge is 2.25. The van der Waals surface area contributed by atoms with Crippen LogP contribution in [-0.4, -0.2) is 39.6 Å². The van der Waals surface area contributed by atoms with Crippen molar-refractivity contribution in [1.29, 1.82) is 0 Å². The third-order valence-electron chi connectivity index (χ3n) is 3.20. The Labute approximate surface area is 132 Å². The lowest BCUT2D eigenvalue weighted by atomic mass is 10.0. The molecule has 1 aliphatic heterocycles. The van der Waals surface area contributed by atoms with Gasteiger partial charge < -0.3 is 9.64 Å². The van der Waals surface area contributed by atoms with Gasteiger partial charge in [0.25, 0.3) is 5.69 Å². The van der Waals surface area contributed by atoms with E-state index >= 15 is 0 Å². The average molecular weight is 323 g/mol. The van der Waals surface area contributed by atoms with Crippen molar-refractivity contribution in [3.8, 4) is 0 Å². The Morgan fingerprint density at radius 1 is 1.48 bits per heavy atom. The fourth-order valence-electron chi connectivity index (χ4n) is 2.14. The number of hydrogen-bond donors (Lipinski definition) is 0. The lowest BCUT2D eigenvalue weighted by Crippen LogP contribution is -2.39. The van der Waals surface area contributed by atoms with E-state index < -0.39 is 28.1 Å². The Morgan fingerprint density at radius 2 is 2.17 bits per heavy atom. The van der Waals surface area contributed by atoms with Gasteiger partial charge in [-0.25, -0.2) is 14.2 Å². The lowest BCUT2D eigenvalue weighted by Gasteiger charge is -2.29. The van der Waals surface area contributed by atoms with Crippen molar-refractivity contribution in [3.63, 3.8) is 0 Å². The zero-order chi connectivity index (χ0) is 17.2. The Balaban J connectivity index is 2.10. The van der Waals surface area contributed by atoms with E-state index in [1.165, 1.54) is 4.90 Å². The second kappa shape index (κ2) is 6.31. The number of halogens is 1. The van der Waals surface area contributed by atoms with Crippen molar-refractivity contribution in [2.45, 2.75) is 32.8 Å². The lowest BCUT2D eigenvalue weighted by molar-refractivity contribution is -0.385. The summed E-state index contributed by atoms with van der Waals surface area (Å²) in [7, 11) is 0. The maximum Gasteiger partial charge on any atom is 0.410 e. The van der Waals surface area contributed by atoms with E-state index in [1.54, 1.807) is 26.8 Å².